The molecule has 1 aliphatic carbocycles. The highest BCUT2D eigenvalue weighted by molar-refractivity contribution is 14.0. The van der Waals surface area contributed by atoms with Gasteiger partial charge in [0.1, 0.15) is 0 Å². The highest BCUT2D eigenvalue weighted by atomic mass is 127. The van der Waals surface area contributed by atoms with Crippen molar-refractivity contribution in [1.29, 1.82) is 0 Å². The van der Waals surface area contributed by atoms with Crippen LogP contribution in [0.5, 0.6) is 0 Å². The van der Waals surface area contributed by atoms with E-state index in [0.29, 0.717) is 6.54 Å². The molecule has 1 saturated carbocycles. The number of benzene rings is 2. The van der Waals surface area contributed by atoms with E-state index in [1.165, 1.54) is 24.8 Å². The van der Waals surface area contributed by atoms with E-state index >= 15 is 0 Å². The maximum Gasteiger partial charge on any atom is 0.321 e. The molecule has 3 N–H and O–H groups in total. The minimum Gasteiger partial charge on any atom is -0.357 e. The Morgan fingerprint density at radius 1 is 1.00 bits per heavy atom. The molecule has 0 aromatic heterocycles. The lowest BCUT2D eigenvalue weighted by Gasteiger charge is -2.43. The van der Waals surface area contributed by atoms with Crippen molar-refractivity contribution in [1.82, 2.24) is 15.5 Å². The first-order chi connectivity index (χ1) is 15.7. The smallest absolute Gasteiger partial charge is 0.321 e. The summed E-state index contributed by atoms with van der Waals surface area (Å²) >= 11 is 0. The average molecular weight is 562 g/mol. The SMILES string of the molecule is CCNC(=NCc1cccc(NC(=O)N2CCCC2)c1)NCC1(c2ccccc2)CCC1.I. The number of guanidine groups is 1. The first-order valence-corrected chi connectivity index (χ1v) is 11.9. The van der Waals surface area contributed by atoms with Crippen LogP contribution in [0.25, 0.3) is 0 Å². The van der Waals surface area contributed by atoms with Crippen molar-refractivity contribution in [3.63, 3.8) is 0 Å². The molecule has 2 amide bonds. The van der Waals surface area contributed by atoms with Crippen molar-refractivity contribution in [3.8, 4) is 0 Å². The number of nitrogens with zero attached hydrogens (tertiary/aromatic N) is 2. The zero-order chi connectivity index (χ0) is 22.2. The van der Waals surface area contributed by atoms with Gasteiger partial charge < -0.3 is 20.9 Å². The van der Waals surface area contributed by atoms with E-state index in [1.807, 2.05) is 23.1 Å². The number of carbonyl (C=O) groups excluding carboxylic acids is 1. The van der Waals surface area contributed by atoms with Crippen LogP contribution >= 0.6 is 24.0 Å². The lowest BCUT2D eigenvalue weighted by atomic mass is 9.64. The number of hydrogen-bond acceptors (Lipinski definition) is 2. The normalized spacial score (nSPS) is 17.0. The summed E-state index contributed by atoms with van der Waals surface area (Å²) in [5.41, 5.74) is 3.51. The molecule has 1 heterocycles. The van der Waals surface area contributed by atoms with Crippen molar-refractivity contribution in [2.75, 3.05) is 31.5 Å². The van der Waals surface area contributed by atoms with Gasteiger partial charge in [0.15, 0.2) is 5.96 Å². The number of halogens is 1. The Labute approximate surface area is 214 Å². The Morgan fingerprint density at radius 2 is 1.76 bits per heavy atom. The van der Waals surface area contributed by atoms with E-state index in [1.54, 1.807) is 0 Å². The minimum atomic E-state index is -0.00938. The quantitative estimate of drug-likeness (QED) is 0.250. The Bertz CT molecular complexity index is 923. The fourth-order valence-corrected chi connectivity index (χ4v) is 4.60. The molecule has 0 radical (unpaired) electrons. The van der Waals surface area contributed by atoms with Crippen molar-refractivity contribution in [3.05, 3.63) is 65.7 Å². The van der Waals surface area contributed by atoms with Crippen molar-refractivity contribution >= 4 is 41.7 Å². The molecular formula is C26H36IN5O. The summed E-state index contributed by atoms with van der Waals surface area (Å²) in [5.74, 6) is 0.834. The molecule has 2 aromatic carbocycles. The maximum absolute atomic E-state index is 12.4. The summed E-state index contributed by atoms with van der Waals surface area (Å²) in [6.45, 7) is 6.03. The van der Waals surface area contributed by atoms with Gasteiger partial charge in [-0.15, -0.1) is 24.0 Å². The van der Waals surface area contributed by atoms with E-state index in [0.717, 1.165) is 56.2 Å². The Hall–Kier alpha value is -2.29. The molecule has 2 fully saturated rings. The van der Waals surface area contributed by atoms with Crippen LogP contribution in [0.15, 0.2) is 59.6 Å². The fraction of sp³-hybridized carbons (Fsp3) is 0.462. The number of likely N-dealkylation sites (tertiary alicyclic amines) is 1. The van der Waals surface area contributed by atoms with Crippen LogP contribution in [0.2, 0.25) is 0 Å². The van der Waals surface area contributed by atoms with Gasteiger partial charge in [-0.2, -0.15) is 0 Å². The zero-order valence-corrected chi connectivity index (χ0v) is 21.8. The molecule has 4 rings (SSSR count). The number of hydrogen-bond donors (Lipinski definition) is 3. The molecule has 1 saturated heterocycles. The van der Waals surface area contributed by atoms with Gasteiger partial charge >= 0.3 is 6.03 Å². The van der Waals surface area contributed by atoms with Crippen LogP contribution in [-0.4, -0.2) is 43.1 Å². The predicted molar refractivity (Wildman–Crippen MR) is 146 cm³/mol. The van der Waals surface area contributed by atoms with Gasteiger partial charge in [-0.3, -0.25) is 0 Å². The molecule has 1 aliphatic heterocycles. The van der Waals surface area contributed by atoms with Crippen LogP contribution < -0.4 is 16.0 Å². The number of aliphatic imine (C=N–C) groups is 1. The molecule has 6 nitrogen and oxygen atoms in total. The van der Waals surface area contributed by atoms with E-state index in [-0.39, 0.29) is 35.4 Å². The highest BCUT2D eigenvalue weighted by Crippen LogP contribution is 2.43. The Balaban J connectivity index is 0.00000306. The second-order valence-electron chi connectivity index (χ2n) is 8.87. The van der Waals surface area contributed by atoms with Gasteiger partial charge in [-0.25, -0.2) is 9.79 Å². The van der Waals surface area contributed by atoms with Gasteiger partial charge in [0, 0.05) is 37.3 Å². The van der Waals surface area contributed by atoms with Crippen LogP contribution in [0, 0.1) is 0 Å². The summed E-state index contributed by atoms with van der Waals surface area (Å²) < 4.78 is 0. The van der Waals surface area contributed by atoms with E-state index in [2.05, 4.69) is 59.3 Å². The first-order valence-electron chi connectivity index (χ1n) is 11.9. The minimum absolute atomic E-state index is 0. The Morgan fingerprint density at radius 3 is 2.42 bits per heavy atom. The van der Waals surface area contributed by atoms with Gasteiger partial charge in [-0.1, -0.05) is 48.9 Å². The lowest BCUT2D eigenvalue weighted by Crippen LogP contribution is -2.48. The summed E-state index contributed by atoms with van der Waals surface area (Å²) in [6.07, 6.45) is 5.88. The van der Waals surface area contributed by atoms with E-state index < -0.39 is 0 Å². The van der Waals surface area contributed by atoms with Crippen LogP contribution in [0.4, 0.5) is 10.5 Å². The molecule has 0 bridgehead atoms. The van der Waals surface area contributed by atoms with Crippen LogP contribution in [0.3, 0.4) is 0 Å². The van der Waals surface area contributed by atoms with Crippen molar-refractivity contribution in [2.45, 2.75) is 51.0 Å². The fourth-order valence-electron chi connectivity index (χ4n) is 4.60. The van der Waals surface area contributed by atoms with Gasteiger partial charge in [0.2, 0.25) is 0 Å². The molecular weight excluding hydrogens is 525 g/mol. The molecule has 0 spiro atoms. The second-order valence-corrected chi connectivity index (χ2v) is 8.87. The average Bonchev–Trinajstić information content (AvgIpc) is 3.33. The molecule has 0 unspecified atom stereocenters. The predicted octanol–water partition coefficient (Wildman–Crippen LogP) is 5.11. The van der Waals surface area contributed by atoms with Crippen LogP contribution in [0.1, 0.15) is 50.2 Å². The number of anilines is 1. The van der Waals surface area contributed by atoms with Gasteiger partial charge in [-0.05, 0) is 55.9 Å². The molecule has 0 atom stereocenters. The number of carbonyl (C=O) groups is 1. The van der Waals surface area contributed by atoms with E-state index in [9.17, 15) is 4.79 Å². The number of nitrogens with one attached hydrogen (secondary N) is 3. The lowest BCUT2D eigenvalue weighted by molar-refractivity contribution is 0.222. The molecule has 7 heteroatoms. The zero-order valence-electron chi connectivity index (χ0n) is 19.5. The third-order valence-corrected chi connectivity index (χ3v) is 6.63. The third-order valence-electron chi connectivity index (χ3n) is 6.63. The monoisotopic (exact) mass is 561 g/mol. The largest absolute Gasteiger partial charge is 0.357 e. The second kappa shape index (κ2) is 12.3. The molecule has 2 aromatic rings. The van der Waals surface area contributed by atoms with E-state index in [4.69, 9.17) is 4.99 Å². The number of amides is 2. The van der Waals surface area contributed by atoms with Gasteiger partial charge in [0.25, 0.3) is 0 Å². The van der Waals surface area contributed by atoms with Crippen molar-refractivity contribution < 1.29 is 4.79 Å². The van der Waals surface area contributed by atoms with Crippen LogP contribution in [-0.2, 0) is 12.0 Å². The summed E-state index contributed by atoms with van der Waals surface area (Å²) in [4.78, 5) is 19.1. The van der Waals surface area contributed by atoms with Gasteiger partial charge in [0.05, 0.1) is 6.54 Å². The summed E-state index contributed by atoms with van der Waals surface area (Å²) in [6, 6.07) is 18.8. The Kier molecular flexibility index (Phi) is 9.41. The highest BCUT2D eigenvalue weighted by Gasteiger charge is 2.38. The standard InChI is InChI=1S/C26H35N5O.HI/c1-2-27-24(29-20-26(14-9-15-26)22-11-4-3-5-12-22)28-19-21-10-8-13-23(18-21)30-25(32)31-16-6-7-17-31;/h3-5,8,10-13,18H,2,6-7,9,14-17,19-20H2,1H3,(H,30,32)(H2,27,28,29);1H. The maximum atomic E-state index is 12.4. The third kappa shape index (κ3) is 6.62. The summed E-state index contributed by atoms with van der Waals surface area (Å²) in [5, 5.41) is 9.97. The number of urea groups is 1. The first kappa shape index (κ1) is 25.3. The molecule has 178 valence electrons. The summed E-state index contributed by atoms with van der Waals surface area (Å²) in [7, 11) is 0. The topological polar surface area (TPSA) is 68.8 Å². The number of rotatable bonds is 7. The van der Waals surface area contributed by atoms with Crippen molar-refractivity contribution in [2.24, 2.45) is 4.99 Å². The molecule has 33 heavy (non-hydrogen) atoms. The molecule has 2 aliphatic rings.